The Morgan fingerprint density at radius 2 is 1.86 bits per heavy atom. The van der Waals surface area contributed by atoms with Gasteiger partial charge in [0, 0.05) is 6.04 Å². The monoisotopic (exact) mass is 303 g/mol. The van der Waals surface area contributed by atoms with Gasteiger partial charge >= 0.3 is 6.09 Å². The van der Waals surface area contributed by atoms with E-state index in [-0.39, 0.29) is 18.7 Å². The zero-order chi connectivity index (χ0) is 15.2. The summed E-state index contributed by atoms with van der Waals surface area (Å²) in [4.78, 5) is 12.1. The van der Waals surface area contributed by atoms with Crippen LogP contribution in [0.4, 0.5) is 9.18 Å². The average Bonchev–Trinajstić information content (AvgIpc) is 2.48. The summed E-state index contributed by atoms with van der Waals surface area (Å²) >= 11 is 0. The van der Waals surface area contributed by atoms with Gasteiger partial charge in [-0.3, -0.25) is 0 Å². The van der Waals surface area contributed by atoms with E-state index in [0.717, 1.165) is 24.8 Å². The van der Waals surface area contributed by atoms with Gasteiger partial charge in [0.15, 0.2) is 0 Å². The Bertz CT molecular complexity index is 545. The number of alkyl carbamates (subject to hydrolysis) is 1. The highest BCUT2D eigenvalue weighted by atomic mass is 19.1. The number of benzene rings is 1. The van der Waals surface area contributed by atoms with E-state index >= 15 is 0 Å². The third-order valence-electron chi connectivity index (χ3n) is 5.70. The maximum absolute atomic E-state index is 14.6. The van der Waals surface area contributed by atoms with E-state index in [1.54, 1.807) is 0 Å². The summed E-state index contributed by atoms with van der Waals surface area (Å²) in [6.07, 6.45) is 3.73. The standard InChI is InChI=1S/C18H22FNO2/c19-18-8-13-6-14(9-18)16(15(7-13)10-18)20-17(21)22-11-12-4-2-1-3-5-12/h1-5,13-16H,6-11H2,(H,20,21). The summed E-state index contributed by atoms with van der Waals surface area (Å²) in [5, 5.41) is 3.02. The molecule has 2 atom stereocenters. The van der Waals surface area contributed by atoms with Gasteiger partial charge in [0.05, 0.1) is 0 Å². The van der Waals surface area contributed by atoms with Gasteiger partial charge in [-0.15, -0.1) is 0 Å². The molecule has 4 heteroatoms. The van der Waals surface area contributed by atoms with Gasteiger partial charge in [-0.05, 0) is 55.4 Å². The molecule has 3 nitrogen and oxygen atoms in total. The summed E-state index contributed by atoms with van der Waals surface area (Å²) in [6, 6.07) is 9.75. The van der Waals surface area contributed by atoms with Crippen LogP contribution in [0.5, 0.6) is 0 Å². The molecule has 0 aromatic heterocycles. The number of rotatable bonds is 3. The smallest absolute Gasteiger partial charge is 0.407 e. The number of alkyl halides is 1. The molecular formula is C18H22FNO2. The first-order valence-electron chi connectivity index (χ1n) is 8.27. The first-order chi connectivity index (χ1) is 10.6. The summed E-state index contributed by atoms with van der Waals surface area (Å²) in [7, 11) is 0. The van der Waals surface area contributed by atoms with Gasteiger partial charge in [-0.1, -0.05) is 30.3 Å². The van der Waals surface area contributed by atoms with Crippen molar-refractivity contribution < 1.29 is 13.9 Å². The van der Waals surface area contributed by atoms with Gasteiger partial charge in [-0.2, -0.15) is 0 Å². The SMILES string of the molecule is O=C(NC1C2CC3CC1CC(F)(C3)C2)OCc1ccccc1. The van der Waals surface area contributed by atoms with Crippen LogP contribution in [0.15, 0.2) is 30.3 Å². The van der Waals surface area contributed by atoms with Gasteiger partial charge in [0.25, 0.3) is 0 Å². The van der Waals surface area contributed by atoms with Crippen LogP contribution < -0.4 is 5.32 Å². The third-order valence-corrected chi connectivity index (χ3v) is 5.70. The van der Waals surface area contributed by atoms with E-state index in [2.05, 4.69) is 5.32 Å². The van der Waals surface area contributed by atoms with Crippen LogP contribution in [-0.4, -0.2) is 17.8 Å². The molecule has 4 aliphatic rings. The lowest BCUT2D eigenvalue weighted by Gasteiger charge is -2.56. The molecule has 4 aliphatic carbocycles. The molecule has 0 radical (unpaired) electrons. The molecule has 0 spiro atoms. The summed E-state index contributed by atoms with van der Waals surface area (Å²) in [6.45, 7) is 0.282. The van der Waals surface area contributed by atoms with Crippen molar-refractivity contribution in [2.24, 2.45) is 17.8 Å². The Morgan fingerprint density at radius 1 is 1.18 bits per heavy atom. The Morgan fingerprint density at radius 3 is 2.50 bits per heavy atom. The Balaban J connectivity index is 1.35. The van der Waals surface area contributed by atoms with Crippen molar-refractivity contribution in [3.8, 4) is 0 Å². The van der Waals surface area contributed by atoms with Crippen molar-refractivity contribution in [2.75, 3.05) is 0 Å². The van der Waals surface area contributed by atoms with E-state index in [1.807, 2.05) is 30.3 Å². The average molecular weight is 303 g/mol. The number of hydrogen-bond acceptors (Lipinski definition) is 2. The molecule has 1 aromatic carbocycles. The highest BCUT2D eigenvalue weighted by Gasteiger charge is 2.56. The van der Waals surface area contributed by atoms with Crippen LogP contribution in [0.25, 0.3) is 0 Å². The molecule has 118 valence electrons. The fraction of sp³-hybridized carbons (Fsp3) is 0.611. The minimum absolute atomic E-state index is 0.101. The molecule has 22 heavy (non-hydrogen) atoms. The summed E-state index contributed by atoms with van der Waals surface area (Å²) < 4.78 is 19.9. The predicted molar refractivity (Wildman–Crippen MR) is 80.9 cm³/mol. The van der Waals surface area contributed by atoms with Gasteiger partial charge in [0.2, 0.25) is 0 Å². The fourth-order valence-electron chi connectivity index (χ4n) is 5.06. The van der Waals surface area contributed by atoms with E-state index < -0.39 is 5.67 Å². The number of halogens is 1. The van der Waals surface area contributed by atoms with E-state index in [0.29, 0.717) is 30.6 Å². The van der Waals surface area contributed by atoms with Crippen molar-refractivity contribution in [3.05, 3.63) is 35.9 Å². The molecule has 4 bridgehead atoms. The van der Waals surface area contributed by atoms with Crippen molar-refractivity contribution in [1.29, 1.82) is 0 Å². The third kappa shape index (κ3) is 2.59. The van der Waals surface area contributed by atoms with Crippen molar-refractivity contribution in [1.82, 2.24) is 5.32 Å². The molecular weight excluding hydrogens is 281 g/mol. The quantitative estimate of drug-likeness (QED) is 0.921. The highest BCUT2D eigenvalue weighted by molar-refractivity contribution is 5.67. The van der Waals surface area contributed by atoms with Crippen LogP contribution in [0.2, 0.25) is 0 Å². The van der Waals surface area contributed by atoms with Crippen LogP contribution in [0.1, 0.15) is 37.7 Å². The molecule has 0 heterocycles. The molecule has 1 aromatic rings. The fourth-order valence-corrected chi connectivity index (χ4v) is 5.06. The molecule has 4 saturated carbocycles. The molecule has 5 rings (SSSR count). The Hall–Kier alpha value is -1.58. The molecule has 2 unspecified atom stereocenters. The Kier molecular flexibility index (Phi) is 3.35. The number of carbonyl (C=O) groups excluding carboxylic acids is 1. The molecule has 1 amide bonds. The highest BCUT2D eigenvalue weighted by Crippen LogP contribution is 2.57. The lowest BCUT2D eigenvalue weighted by Crippen LogP contribution is -2.60. The number of hydrogen-bond donors (Lipinski definition) is 1. The molecule has 0 aliphatic heterocycles. The van der Waals surface area contributed by atoms with Crippen LogP contribution in [0, 0.1) is 17.8 Å². The zero-order valence-electron chi connectivity index (χ0n) is 12.6. The first-order valence-corrected chi connectivity index (χ1v) is 8.27. The van der Waals surface area contributed by atoms with Crippen molar-refractivity contribution >= 4 is 6.09 Å². The van der Waals surface area contributed by atoms with Crippen LogP contribution in [0.3, 0.4) is 0 Å². The topological polar surface area (TPSA) is 38.3 Å². The molecule has 4 fully saturated rings. The van der Waals surface area contributed by atoms with Crippen LogP contribution in [-0.2, 0) is 11.3 Å². The maximum atomic E-state index is 14.6. The second-order valence-electron chi connectivity index (χ2n) is 7.35. The molecule has 1 N–H and O–H groups in total. The largest absolute Gasteiger partial charge is 0.445 e. The Labute approximate surface area is 130 Å². The van der Waals surface area contributed by atoms with Crippen LogP contribution >= 0.6 is 0 Å². The van der Waals surface area contributed by atoms with E-state index in [9.17, 15) is 9.18 Å². The molecule has 0 saturated heterocycles. The lowest BCUT2D eigenvalue weighted by atomic mass is 9.53. The summed E-state index contributed by atoms with van der Waals surface area (Å²) in [5.41, 5.74) is 0.0215. The minimum atomic E-state index is -0.956. The zero-order valence-corrected chi connectivity index (χ0v) is 12.6. The number of carbonyl (C=O) groups is 1. The summed E-state index contributed by atoms with van der Waals surface area (Å²) in [5.74, 6) is 1.11. The number of ether oxygens (including phenoxy) is 1. The first kappa shape index (κ1) is 14.0. The van der Waals surface area contributed by atoms with Crippen molar-refractivity contribution in [2.45, 2.75) is 50.4 Å². The second-order valence-corrected chi connectivity index (χ2v) is 7.35. The predicted octanol–water partition coefficient (Wildman–Crippen LogP) is 3.83. The van der Waals surface area contributed by atoms with Gasteiger partial charge < -0.3 is 10.1 Å². The normalized spacial score (nSPS) is 38.8. The minimum Gasteiger partial charge on any atom is -0.445 e. The second kappa shape index (κ2) is 5.25. The van der Waals surface area contributed by atoms with Crippen molar-refractivity contribution in [3.63, 3.8) is 0 Å². The van der Waals surface area contributed by atoms with E-state index in [4.69, 9.17) is 4.74 Å². The van der Waals surface area contributed by atoms with E-state index in [1.165, 1.54) is 0 Å². The number of amides is 1. The maximum Gasteiger partial charge on any atom is 0.407 e. The lowest BCUT2D eigenvalue weighted by molar-refractivity contribution is -0.0917. The number of nitrogens with one attached hydrogen (secondary N) is 1. The van der Waals surface area contributed by atoms with Gasteiger partial charge in [0.1, 0.15) is 12.3 Å². The van der Waals surface area contributed by atoms with Gasteiger partial charge in [-0.25, -0.2) is 9.18 Å².